The average Bonchev–Trinajstić information content (AvgIpc) is 3.50. The Morgan fingerprint density at radius 1 is 1.14 bits per heavy atom. The van der Waals surface area contributed by atoms with Crippen LogP contribution in [0.25, 0.3) is 0 Å². The molecule has 28 heavy (non-hydrogen) atoms. The molecule has 1 saturated carbocycles. The molecule has 1 amide bonds. The minimum Gasteiger partial charge on any atom is -0.497 e. The highest BCUT2D eigenvalue weighted by atomic mass is 35.5. The van der Waals surface area contributed by atoms with Crippen molar-refractivity contribution in [3.05, 3.63) is 57.6 Å². The van der Waals surface area contributed by atoms with E-state index in [4.69, 9.17) is 32.7 Å². The highest BCUT2D eigenvalue weighted by Crippen LogP contribution is 2.49. The molecular formula is C21H23Cl2NO4. The molecule has 0 bridgehead atoms. The van der Waals surface area contributed by atoms with Crippen LogP contribution in [0.1, 0.15) is 23.5 Å². The lowest BCUT2D eigenvalue weighted by Gasteiger charge is -2.23. The Hall–Kier alpha value is -1.95. The number of hydrogen-bond acceptors (Lipinski definition) is 4. The van der Waals surface area contributed by atoms with E-state index in [-0.39, 0.29) is 30.9 Å². The zero-order valence-electron chi connectivity index (χ0n) is 15.8. The van der Waals surface area contributed by atoms with Crippen molar-refractivity contribution < 1.29 is 19.4 Å². The summed E-state index contributed by atoms with van der Waals surface area (Å²) in [6.45, 7) is 0.482. The van der Waals surface area contributed by atoms with Crippen molar-refractivity contribution in [2.24, 2.45) is 5.92 Å². The first-order chi connectivity index (χ1) is 13.5. The van der Waals surface area contributed by atoms with Crippen LogP contribution in [0.3, 0.4) is 0 Å². The third-order valence-electron chi connectivity index (χ3n) is 5.01. The van der Waals surface area contributed by atoms with Gasteiger partial charge in [-0.25, -0.2) is 0 Å². The van der Waals surface area contributed by atoms with Crippen LogP contribution in [0.4, 0.5) is 0 Å². The molecule has 7 heteroatoms. The molecule has 1 N–H and O–H groups in total. The van der Waals surface area contributed by atoms with E-state index >= 15 is 0 Å². The minimum atomic E-state index is -0.125. The third kappa shape index (κ3) is 4.54. The molecule has 2 atom stereocenters. The molecule has 0 saturated heterocycles. The van der Waals surface area contributed by atoms with Crippen molar-refractivity contribution in [2.45, 2.75) is 18.9 Å². The molecule has 0 aliphatic heterocycles. The van der Waals surface area contributed by atoms with E-state index in [2.05, 4.69) is 0 Å². The van der Waals surface area contributed by atoms with Gasteiger partial charge in [0.15, 0.2) is 0 Å². The fraction of sp³-hybridized carbons (Fsp3) is 0.381. The van der Waals surface area contributed by atoms with Crippen LogP contribution in [0, 0.1) is 5.92 Å². The number of benzene rings is 2. The number of aliphatic hydroxyl groups is 1. The predicted molar refractivity (Wildman–Crippen MR) is 109 cm³/mol. The lowest BCUT2D eigenvalue weighted by atomic mass is 10.1. The lowest BCUT2D eigenvalue weighted by molar-refractivity contribution is -0.133. The molecule has 0 spiro atoms. The van der Waals surface area contributed by atoms with Crippen LogP contribution in [-0.4, -0.2) is 43.3 Å². The van der Waals surface area contributed by atoms with Gasteiger partial charge in [0.25, 0.3) is 0 Å². The van der Waals surface area contributed by atoms with Gasteiger partial charge in [0.1, 0.15) is 11.5 Å². The van der Waals surface area contributed by atoms with Crippen LogP contribution >= 0.6 is 23.2 Å². The first-order valence-corrected chi connectivity index (χ1v) is 9.79. The van der Waals surface area contributed by atoms with Crippen molar-refractivity contribution in [3.8, 4) is 11.5 Å². The largest absolute Gasteiger partial charge is 0.497 e. The number of ether oxygens (including phenoxy) is 2. The van der Waals surface area contributed by atoms with Gasteiger partial charge in [0, 0.05) is 24.6 Å². The molecule has 1 aliphatic carbocycles. The Balaban J connectivity index is 1.76. The molecule has 5 nitrogen and oxygen atoms in total. The van der Waals surface area contributed by atoms with Gasteiger partial charge in [0.05, 0.1) is 30.9 Å². The SMILES string of the molecule is COc1ccc(OC)c(CN(CCO)C(=O)C2CC2c2ccc(Cl)c(Cl)c2)c1. The zero-order chi connectivity index (χ0) is 20.3. The quantitative estimate of drug-likeness (QED) is 0.692. The molecule has 150 valence electrons. The Bertz CT molecular complexity index is 858. The van der Waals surface area contributed by atoms with Crippen molar-refractivity contribution in [3.63, 3.8) is 0 Å². The Morgan fingerprint density at radius 2 is 1.93 bits per heavy atom. The van der Waals surface area contributed by atoms with E-state index < -0.39 is 0 Å². The molecule has 0 aromatic heterocycles. The Morgan fingerprint density at radius 3 is 2.57 bits per heavy atom. The summed E-state index contributed by atoms with van der Waals surface area (Å²) in [7, 11) is 3.18. The third-order valence-corrected chi connectivity index (χ3v) is 5.75. The van der Waals surface area contributed by atoms with Gasteiger partial charge in [-0.05, 0) is 48.2 Å². The molecule has 3 rings (SSSR count). The summed E-state index contributed by atoms with van der Waals surface area (Å²) in [5.74, 6) is 1.37. The maximum atomic E-state index is 13.1. The summed E-state index contributed by atoms with van der Waals surface area (Å²) < 4.78 is 10.7. The van der Waals surface area contributed by atoms with Gasteiger partial charge < -0.3 is 19.5 Å². The first-order valence-electron chi connectivity index (χ1n) is 9.04. The normalized spacial score (nSPS) is 17.9. The van der Waals surface area contributed by atoms with Gasteiger partial charge in [-0.2, -0.15) is 0 Å². The summed E-state index contributed by atoms with van der Waals surface area (Å²) in [5, 5.41) is 10.5. The molecule has 0 radical (unpaired) electrons. The molecule has 1 aliphatic rings. The van der Waals surface area contributed by atoms with Crippen LogP contribution in [0.2, 0.25) is 10.0 Å². The summed E-state index contributed by atoms with van der Waals surface area (Å²) in [4.78, 5) is 14.7. The Kier molecular flexibility index (Phi) is 6.70. The second-order valence-corrected chi connectivity index (χ2v) is 7.60. The van der Waals surface area contributed by atoms with Crippen molar-refractivity contribution >= 4 is 29.1 Å². The Labute approximate surface area is 174 Å². The maximum absolute atomic E-state index is 13.1. The molecule has 2 unspecified atom stereocenters. The van der Waals surface area contributed by atoms with Crippen molar-refractivity contribution in [1.29, 1.82) is 0 Å². The highest BCUT2D eigenvalue weighted by molar-refractivity contribution is 6.42. The summed E-state index contributed by atoms with van der Waals surface area (Å²) in [6, 6.07) is 11.0. The van der Waals surface area contributed by atoms with Crippen molar-refractivity contribution in [1.82, 2.24) is 4.90 Å². The number of carbonyl (C=O) groups is 1. The van der Waals surface area contributed by atoms with E-state index in [9.17, 15) is 9.90 Å². The van der Waals surface area contributed by atoms with E-state index in [0.29, 0.717) is 28.1 Å². The van der Waals surface area contributed by atoms with Crippen LogP contribution in [-0.2, 0) is 11.3 Å². The van der Waals surface area contributed by atoms with Gasteiger partial charge in [-0.1, -0.05) is 29.3 Å². The van der Waals surface area contributed by atoms with Crippen LogP contribution < -0.4 is 9.47 Å². The number of aliphatic hydroxyl groups excluding tert-OH is 1. The first kappa shape index (κ1) is 20.8. The summed E-state index contributed by atoms with van der Waals surface area (Å²) in [6.07, 6.45) is 0.758. The van der Waals surface area contributed by atoms with Gasteiger partial charge in [-0.15, -0.1) is 0 Å². The number of carbonyl (C=O) groups excluding carboxylic acids is 1. The van der Waals surface area contributed by atoms with Crippen LogP contribution in [0.5, 0.6) is 11.5 Å². The predicted octanol–water partition coefficient (Wildman–Crippen LogP) is 4.14. The van der Waals surface area contributed by atoms with E-state index in [0.717, 1.165) is 17.5 Å². The molecular weight excluding hydrogens is 401 g/mol. The molecule has 1 fully saturated rings. The fourth-order valence-electron chi connectivity index (χ4n) is 3.41. The topological polar surface area (TPSA) is 59.0 Å². The minimum absolute atomic E-state index is 0.00926. The van der Waals surface area contributed by atoms with E-state index in [1.165, 1.54) is 0 Å². The number of amides is 1. The standard InChI is InChI=1S/C21H23Cl2NO4/c1-27-15-4-6-20(28-2)14(9-15)12-24(7-8-25)21(26)17-11-16(17)13-3-5-18(22)19(23)10-13/h3-6,9-10,16-17,25H,7-8,11-12H2,1-2H3. The number of halogens is 2. The smallest absolute Gasteiger partial charge is 0.226 e. The number of nitrogens with zero attached hydrogens (tertiary/aromatic N) is 1. The maximum Gasteiger partial charge on any atom is 0.226 e. The second-order valence-electron chi connectivity index (χ2n) is 6.78. The van der Waals surface area contributed by atoms with Crippen LogP contribution in [0.15, 0.2) is 36.4 Å². The van der Waals surface area contributed by atoms with Gasteiger partial charge in [-0.3, -0.25) is 4.79 Å². The van der Waals surface area contributed by atoms with E-state index in [1.54, 1.807) is 25.2 Å². The lowest BCUT2D eigenvalue weighted by Crippen LogP contribution is -2.34. The van der Waals surface area contributed by atoms with Gasteiger partial charge >= 0.3 is 0 Å². The monoisotopic (exact) mass is 423 g/mol. The summed E-state index contributed by atoms with van der Waals surface area (Å²) in [5.41, 5.74) is 1.84. The summed E-state index contributed by atoms with van der Waals surface area (Å²) >= 11 is 12.1. The molecule has 2 aromatic rings. The average molecular weight is 424 g/mol. The van der Waals surface area contributed by atoms with E-state index in [1.807, 2.05) is 30.3 Å². The zero-order valence-corrected chi connectivity index (χ0v) is 17.3. The number of methoxy groups -OCH3 is 2. The second kappa shape index (κ2) is 9.03. The van der Waals surface area contributed by atoms with Crippen molar-refractivity contribution in [2.75, 3.05) is 27.4 Å². The fourth-order valence-corrected chi connectivity index (χ4v) is 3.72. The molecule has 0 heterocycles. The highest BCUT2D eigenvalue weighted by Gasteiger charge is 2.45. The molecule has 2 aromatic carbocycles. The number of rotatable bonds is 8. The van der Waals surface area contributed by atoms with Gasteiger partial charge in [0.2, 0.25) is 5.91 Å². The number of hydrogen-bond donors (Lipinski definition) is 1.